The van der Waals surface area contributed by atoms with E-state index in [0.717, 1.165) is 62.8 Å². The zero-order valence-corrected chi connectivity index (χ0v) is 25.3. The van der Waals surface area contributed by atoms with Gasteiger partial charge >= 0.3 is 144 Å². The number of hydrogen-bond acceptors (Lipinski definition) is 6. The van der Waals surface area contributed by atoms with E-state index in [1.807, 2.05) is 91.0 Å². The fourth-order valence-electron chi connectivity index (χ4n) is 3.87. The predicted molar refractivity (Wildman–Crippen MR) is 164 cm³/mol. The maximum absolute atomic E-state index is 12.5. The summed E-state index contributed by atoms with van der Waals surface area (Å²) in [6, 6.07) is 33.6. The smallest absolute Gasteiger partial charge is 0.0539 e. The molecule has 2 N–H and O–H groups in total. The summed E-state index contributed by atoms with van der Waals surface area (Å²) in [5.74, 6) is -0.415. The number of anilines is 1. The van der Waals surface area contributed by atoms with E-state index in [9.17, 15) is 10.1 Å². The molecular weight excluding hydrogens is 545 g/mol. The SMILES string of the molecule is CC(=O)O.N#Cc1ccccc1-c1ccc(COc2ccccc2/C=C2/SC(Nc3cc[c]([Na])cc3)=NC2=O)cc1. The molecule has 4 aromatic rings. The molecule has 198 valence electrons. The third-order valence-corrected chi connectivity index (χ3v) is 7.40. The van der Waals surface area contributed by atoms with E-state index in [2.05, 4.69) is 28.5 Å². The van der Waals surface area contributed by atoms with Crippen LogP contribution in [0.1, 0.15) is 23.6 Å². The Morgan fingerprint density at radius 2 is 1.68 bits per heavy atom. The first-order valence-corrected chi connectivity index (χ1v) is 14.5. The van der Waals surface area contributed by atoms with Crippen molar-refractivity contribution in [3.8, 4) is 22.9 Å². The normalized spacial score (nSPS) is 13.1. The molecule has 0 fully saturated rings. The Balaban J connectivity index is 0.000000909. The summed E-state index contributed by atoms with van der Waals surface area (Å²) in [6.45, 7) is 1.46. The first-order valence-electron chi connectivity index (χ1n) is 12.7. The fourth-order valence-corrected chi connectivity index (χ4v) is 5.03. The molecule has 41 heavy (non-hydrogen) atoms. The molecule has 1 heterocycles. The molecule has 1 aliphatic rings. The van der Waals surface area contributed by atoms with Crippen molar-refractivity contribution in [1.29, 1.82) is 5.26 Å². The molecular formula is C32H24N3NaO4S. The van der Waals surface area contributed by atoms with E-state index in [-0.39, 0.29) is 5.91 Å². The minimum absolute atomic E-state index is 0.268. The summed E-state index contributed by atoms with van der Waals surface area (Å²) in [4.78, 5) is 26.2. The number of carbonyl (C=O) groups excluding carboxylic acids is 1. The molecule has 0 spiro atoms. The van der Waals surface area contributed by atoms with Crippen LogP contribution in [-0.4, -0.2) is 50.1 Å². The number of rotatable bonds is 6. The molecule has 0 bridgehead atoms. The Morgan fingerprint density at radius 1 is 1.02 bits per heavy atom. The van der Waals surface area contributed by atoms with Gasteiger partial charge in [-0.15, -0.1) is 0 Å². The second kappa shape index (κ2) is 14.5. The molecule has 0 aliphatic carbocycles. The van der Waals surface area contributed by atoms with Gasteiger partial charge < -0.3 is 5.11 Å². The van der Waals surface area contributed by atoms with Crippen LogP contribution < -0.4 is 12.9 Å². The van der Waals surface area contributed by atoms with Crippen LogP contribution in [0.5, 0.6) is 5.75 Å². The molecule has 4 aromatic carbocycles. The average molecular weight is 570 g/mol. The van der Waals surface area contributed by atoms with E-state index >= 15 is 0 Å². The third-order valence-electron chi connectivity index (χ3n) is 5.84. The number of carboxylic acid groups (broad SMARTS) is 1. The van der Waals surface area contributed by atoms with Crippen LogP contribution in [-0.2, 0) is 16.2 Å². The molecule has 0 radical (unpaired) electrons. The molecule has 0 unspecified atom stereocenters. The van der Waals surface area contributed by atoms with E-state index in [1.165, 1.54) is 14.6 Å². The average Bonchev–Trinajstić information content (AvgIpc) is 3.31. The molecule has 5 rings (SSSR count). The minimum Gasteiger partial charge on any atom is -0.0550 e. The van der Waals surface area contributed by atoms with Gasteiger partial charge in [0.05, 0.1) is 11.6 Å². The van der Waals surface area contributed by atoms with Crippen molar-refractivity contribution in [2.45, 2.75) is 13.5 Å². The van der Waals surface area contributed by atoms with E-state index in [4.69, 9.17) is 14.6 Å². The first-order chi connectivity index (χ1) is 19.8. The quantitative estimate of drug-likeness (QED) is 0.224. The number of carboxylic acids is 1. The Labute approximate surface area is 260 Å². The largest absolute Gasteiger partial charge is 0.0550 e. The summed E-state index contributed by atoms with van der Waals surface area (Å²) < 4.78 is 7.43. The van der Waals surface area contributed by atoms with Crippen molar-refractivity contribution in [2.75, 3.05) is 5.32 Å². The van der Waals surface area contributed by atoms with Crippen LogP contribution in [0, 0.1) is 11.3 Å². The van der Waals surface area contributed by atoms with Crippen LogP contribution in [0.4, 0.5) is 5.69 Å². The molecule has 1 amide bonds. The number of carbonyl (C=O) groups is 2. The van der Waals surface area contributed by atoms with Crippen molar-refractivity contribution in [3.05, 3.63) is 119 Å². The van der Waals surface area contributed by atoms with Crippen molar-refractivity contribution in [2.24, 2.45) is 4.99 Å². The molecule has 0 atom stereocenters. The Morgan fingerprint density at radius 3 is 2.39 bits per heavy atom. The predicted octanol–water partition coefficient (Wildman–Crippen LogP) is 5.77. The number of nitrogens with zero attached hydrogens (tertiary/aromatic N) is 2. The topological polar surface area (TPSA) is 112 Å². The number of para-hydroxylation sites is 1. The van der Waals surface area contributed by atoms with Gasteiger partial charge in [0.2, 0.25) is 0 Å². The fraction of sp³-hybridized carbons (Fsp3) is 0.0625. The van der Waals surface area contributed by atoms with Crippen LogP contribution in [0.3, 0.4) is 0 Å². The van der Waals surface area contributed by atoms with Crippen molar-refractivity contribution in [1.82, 2.24) is 0 Å². The second-order valence-electron chi connectivity index (χ2n) is 9.02. The number of benzene rings is 4. The van der Waals surface area contributed by atoms with Gasteiger partial charge in [-0.25, -0.2) is 0 Å². The first kappa shape index (κ1) is 29.8. The summed E-state index contributed by atoms with van der Waals surface area (Å²) >= 11 is 2.32. The standard InChI is InChI=1S/C30H20N3O2S.C2H4O2.Na/c31-19-24-9-4-6-12-26(24)22-16-14-21(15-17-22)20-35-27-13-7-5-8-23(27)18-28-29(34)33-30(36-28)32-25-10-2-1-3-11-25;1-2(3)4;/h2-18H,20H2,(H,32,33,34);1H3,(H,3,4);/b28-18+;;. The van der Waals surface area contributed by atoms with E-state index in [1.54, 1.807) is 0 Å². The Hall–Kier alpha value is -4.13. The van der Waals surface area contributed by atoms with Gasteiger partial charge in [0.1, 0.15) is 6.61 Å². The number of nitriles is 1. The zero-order valence-electron chi connectivity index (χ0n) is 22.5. The summed E-state index contributed by atoms with van der Waals surface area (Å²) in [6.07, 6.45) is 1.82. The van der Waals surface area contributed by atoms with Crippen LogP contribution in [0.25, 0.3) is 17.2 Å². The number of thioether (sulfide) groups is 1. The van der Waals surface area contributed by atoms with Crippen LogP contribution >= 0.6 is 11.8 Å². The maximum atomic E-state index is 12.5. The molecule has 9 heteroatoms. The molecule has 0 saturated heterocycles. The van der Waals surface area contributed by atoms with Crippen molar-refractivity contribution in [3.63, 3.8) is 0 Å². The maximum Gasteiger partial charge on any atom is -0.0539 e. The number of amides is 1. The number of ether oxygens (including phenoxy) is 1. The monoisotopic (exact) mass is 569 g/mol. The summed E-state index contributed by atoms with van der Waals surface area (Å²) in [5, 5.41) is 20.6. The van der Waals surface area contributed by atoms with Gasteiger partial charge in [-0.2, -0.15) is 5.26 Å². The number of aliphatic imine (C=N–C) groups is 1. The summed E-state index contributed by atoms with van der Waals surface area (Å²) in [5.41, 5.74) is 5.27. The van der Waals surface area contributed by atoms with Gasteiger partial charge in [0, 0.05) is 6.92 Å². The van der Waals surface area contributed by atoms with Crippen molar-refractivity contribution < 1.29 is 19.4 Å². The van der Waals surface area contributed by atoms with E-state index in [0.29, 0.717) is 28.0 Å². The minimum atomic E-state index is -0.833. The molecule has 1 aliphatic heterocycles. The Bertz CT molecular complexity index is 1660. The van der Waals surface area contributed by atoms with E-state index < -0.39 is 5.97 Å². The van der Waals surface area contributed by atoms with Gasteiger partial charge in [-0.05, 0) is 22.8 Å². The molecule has 0 aromatic heterocycles. The summed E-state index contributed by atoms with van der Waals surface area (Å²) in [7, 11) is 0. The van der Waals surface area contributed by atoms with Gasteiger partial charge in [-0.3, -0.25) is 4.79 Å². The number of hydrogen-bond donors (Lipinski definition) is 2. The van der Waals surface area contributed by atoms with Gasteiger partial charge in [-0.1, -0.05) is 48.5 Å². The number of amidine groups is 1. The van der Waals surface area contributed by atoms with Gasteiger partial charge in [0.15, 0.2) is 0 Å². The molecule has 7 nitrogen and oxygen atoms in total. The van der Waals surface area contributed by atoms with Crippen LogP contribution in [0.15, 0.2) is 107 Å². The Kier molecular flexibility index (Phi) is 10.5. The molecule has 0 saturated carbocycles. The van der Waals surface area contributed by atoms with Crippen LogP contribution in [0.2, 0.25) is 0 Å². The van der Waals surface area contributed by atoms with Crippen molar-refractivity contribution >= 4 is 71.3 Å². The number of aliphatic carboxylic acids is 1. The number of nitrogens with one attached hydrogen (secondary N) is 1. The van der Waals surface area contributed by atoms with Gasteiger partial charge in [0.25, 0.3) is 5.97 Å². The third kappa shape index (κ3) is 8.68. The zero-order chi connectivity index (χ0) is 29.2. The second-order valence-corrected chi connectivity index (χ2v) is 11.2.